The molecule has 3 N–H and O–H groups in total. The molecule has 2 saturated carbocycles. The van der Waals surface area contributed by atoms with Crippen molar-refractivity contribution in [3.8, 4) is 0 Å². The van der Waals surface area contributed by atoms with Gasteiger partial charge in [-0.25, -0.2) is 13.6 Å². The van der Waals surface area contributed by atoms with Gasteiger partial charge in [0, 0.05) is 36.6 Å². The highest BCUT2D eigenvalue weighted by Crippen LogP contribution is 2.45. The Morgan fingerprint density at radius 3 is 2.64 bits per heavy atom. The Labute approximate surface area is 159 Å². The monoisotopic (exact) mass is 389 g/mol. The number of alkyl halides is 1. The number of fused-ring (bicyclic) bond motifs is 1. The van der Waals surface area contributed by atoms with Gasteiger partial charge in [0.2, 0.25) is 5.43 Å². The summed E-state index contributed by atoms with van der Waals surface area (Å²) in [6.07, 6.45) is 2.95. The van der Waals surface area contributed by atoms with Gasteiger partial charge in [-0.2, -0.15) is 0 Å². The molecule has 3 atom stereocenters. The first-order valence-corrected chi connectivity index (χ1v) is 9.59. The second kappa shape index (κ2) is 5.76. The van der Waals surface area contributed by atoms with Crippen LogP contribution in [0.4, 0.5) is 14.5 Å². The number of nitrogens with two attached hydrogens (primary N) is 1. The highest BCUT2D eigenvalue weighted by molar-refractivity contribution is 5.94. The minimum absolute atomic E-state index is 0.0185. The Morgan fingerprint density at radius 2 is 2.04 bits per heavy atom. The molecule has 3 unspecified atom stereocenters. The van der Waals surface area contributed by atoms with Gasteiger partial charge in [0.25, 0.3) is 0 Å². The Kier molecular flexibility index (Phi) is 3.62. The average molecular weight is 389 g/mol. The average Bonchev–Trinajstić information content (AvgIpc) is 3.52. The molecule has 0 radical (unpaired) electrons. The summed E-state index contributed by atoms with van der Waals surface area (Å²) < 4.78 is 30.6. The Balaban J connectivity index is 1.63. The Hall–Kier alpha value is -2.48. The van der Waals surface area contributed by atoms with Gasteiger partial charge in [0.05, 0.1) is 17.2 Å². The minimum atomic E-state index is -1.40. The molecule has 6 nitrogen and oxygen atoms in total. The number of aromatic carboxylic acids is 1. The lowest BCUT2D eigenvalue weighted by Gasteiger charge is -2.23. The molecule has 0 spiro atoms. The maximum Gasteiger partial charge on any atom is 0.341 e. The van der Waals surface area contributed by atoms with E-state index in [4.69, 9.17) is 5.73 Å². The number of carbonyl (C=O) groups is 1. The molecule has 0 amide bonds. The SMILES string of the molecule is NC1(C2CCN(c3ccc4c(=O)c(C(=O)O)cn(C5CC5F)c4c3F)C2)CC1. The predicted molar refractivity (Wildman–Crippen MR) is 100 cm³/mol. The van der Waals surface area contributed by atoms with Crippen LogP contribution in [0.15, 0.2) is 23.1 Å². The zero-order valence-electron chi connectivity index (χ0n) is 15.2. The van der Waals surface area contributed by atoms with E-state index in [1.165, 1.54) is 16.7 Å². The molecule has 1 aromatic carbocycles. The Bertz CT molecular complexity index is 1060. The van der Waals surface area contributed by atoms with Crippen LogP contribution in [0, 0.1) is 11.7 Å². The summed E-state index contributed by atoms with van der Waals surface area (Å²) in [5, 5.41) is 9.27. The van der Waals surface area contributed by atoms with Gasteiger partial charge >= 0.3 is 5.97 Å². The molecule has 1 aromatic heterocycles. The van der Waals surface area contributed by atoms with E-state index in [0.29, 0.717) is 24.7 Å². The van der Waals surface area contributed by atoms with Gasteiger partial charge in [-0.15, -0.1) is 0 Å². The summed E-state index contributed by atoms with van der Waals surface area (Å²) in [6.45, 7) is 1.31. The summed E-state index contributed by atoms with van der Waals surface area (Å²) in [7, 11) is 0. The van der Waals surface area contributed by atoms with Crippen molar-refractivity contribution in [1.82, 2.24) is 4.57 Å². The number of pyridine rings is 1. The molecule has 5 rings (SSSR count). The van der Waals surface area contributed by atoms with Crippen LogP contribution in [0.1, 0.15) is 42.1 Å². The Morgan fingerprint density at radius 1 is 1.32 bits per heavy atom. The number of rotatable bonds is 4. The largest absolute Gasteiger partial charge is 0.477 e. The molecule has 2 aromatic rings. The number of halogens is 2. The lowest BCUT2D eigenvalue weighted by molar-refractivity contribution is 0.0694. The van der Waals surface area contributed by atoms with Crippen molar-refractivity contribution in [2.24, 2.45) is 11.7 Å². The molecule has 3 aliphatic rings. The normalized spacial score (nSPS) is 28.0. The molecule has 2 aliphatic carbocycles. The van der Waals surface area contributed by atoms with Gasteiger partial charge < -0.3 is 20.3 Å². The van der Waals surface area contributed by atoms with E-state index in [1.54, 1.807) is 0 Å². The summed E-state index contributed by atoms with van der Waals surface area (Å²) >= 11 is 0. The van der Waals surface area contributed by atoms with E-state index in [2.05, 4.69) is 0 Å². The maximum atomic E-state index is 15.5. The van der Waals surface area contributed by atoms with Crippen molar-refractivity contribution in [3.05, 3.63) is 39.9 Å². The first-order chi connectivity index (χ1) is 13.3. The molecule has 1 saturated heterocycles. The third kappa shape index (κ3) is 2.54. The lowest BCUT2D eigenvalue weighted by Crippen LogP contribution is -2.34. The van der Waals surface area contributed by atoms with E-state index in [9.17, 15) is 19.1 Å². The number of carboxylic acid groups (broad SMARTS) is 1. The highest BCUT2D eigenvalue weighted by Gasteiger charge is 2.48. The van der Waals surface area contributed by atoms with Gasteiger partial charge in [-0.3, -0.25) is 4.79 Å². The van der Waals surface area contributed by atoms with Crippen molar-refractivity contribution in [2.45, 2.75) is 43.4 Å². The van der Waals surface area contributed by atoms with Crippen molar-refractivity contribution < 1.29 is 18.7 Å². The fourth-order valence-electron chi connectivity index (χ4n) is 4.50. The van der Waals surface area contributed by atoms with Crippen LogP contribution >= 0.6 is 0 Å². The summed E-state index contributed by atoms with van der Waals surface area (Å²) in [4.78, 5) is 25.9. The van der Waals surface area contributed by atoms with E-state index in [0.717, 1.165) is 25.5 Å². The quantitative estimate of drug-likeness (QED) is 0.839. The summed E-state index contributed by atoms with van der Waals surface area (Å²) in [5.41, 5.74) is 5.28. The van der Waals surface area contributed by atoms with Crippen molar-refractivity contribution in [2.75, 3.05) is 18.0 Å². The first kappa shape index (κ1) is 17.6. The van der Waals surface area contributed by atoms with Gasteiger partial charge in [-0.1, -0.05) is 0 Å². The van der Waals surface area contributed by atoms with Gasteiger partial charge in [0.15, 0.2) is 5.82 Å². The minimum Gasteiger partial charge on any atom is -0.477 e. The van der Waals surface area contributed by atoms with Crippen molar-refractivity contribution in [1.29, 1.82) is 0 Å². The zero-order valence-corrected chi connectivity index (χ0v) is 15.2. The lowest BCUT2D eigenvalue weighted by atomic mass is 9.97. The van der Waals surface area contributed by atoms with Crippen LogP contribution in [-0.4, -0.2) is 40.4 Å². The van der Waals surface area contributed by atoms with Crippen LogP contribution in [0.3, 0.4) is 0 Å². The number of benzene rings is 1. The molecule has 2 heterocycles. The number of hydrogen-bond donors (Lipinski definition) is 2. The molecular formula is C20H21F2N3O3. The predicted octanol–water partition coefficient (Wildman–Crippen LogP) is 2.44. The number of aromatic nitrogens is 1. The summed E-state index contributed by atoms with van der Waals surface area (Å²) in [6, 6.07) is 2.33. The molecule has 0 bridgehead atoms. The summed E-state index contributed by atoms with van der Waals surface area (Å²) in [5.74, 6) is -1.70. The highest BCUT2D eigenvalue weighted by atomic mass is 19.1. The number of anilines is 1. The second-order valence-corrected chi connectivity index (χ2v) is 8.36. The smallest absolute Gasteiger partial charge is 0.341 e. The molecule has 8 heteroatoms. The van der Waals surface area contributed by atoms with Crippen LogP contribution in [0.2, 0.25) is 0 Å². The first-order valence-electron chi connectivity index (χ1n) is 9.59. The van der Waals surface area contributed by atoms with Crippen LogP contribution < -0.4 is 16.1 Å². The van der Waals surface area contributed by atoms with Crippen LogP contribution in [-0.2, 0) is 0 Å². The number of nitrogens with zero attached hydrogens (tertiary/aromatic N) is 2. The van der Waals surface area contributed by atoms with Crippen molar-refractivity contribution >= 4 is 22.6 Å². The molecular weight excluding hydrogens is 368 g/mol. The molecule has 148 valence electrons. The number of carboxylic acids is 1. The topological polar surface area (TPSA) is 88.6 Å². The van der Waals surface area contributed by atoms with Gasteiger partial charge in [0.1, 0.15) is 11.7 Å². The van der Waals surface area contributed by atoms with E-state index in [1.807, 2.05) is 4.90 Å². The molecule has 3 fully saturated rings. The fraction of sp³-hybridized carbons (Fsp3) is 0.500. The van der Waals surface area contributed by atoms with E-state index < -0.39 is 35.0 Å². The van der Waals surface area contributed by atoms with E-state index >= 15 is 4.39 Å². The zero-order chi connectivity index (χ0) is 19.8. The van der Waals surface area contributed by atoms with Crippen molar-refractivity contribution in [3.63, 3.8) is 0 Å². The molecule has 1 aliphatic heterocycles. The molecule has 28 heavy (non-hydrogen) atoms. The third-order valence-electron chi connectivity index (χ3n) is 6.55. The standard InChI is InChI=1S/C20H21F2N3O3/c21-13-7-15(13)25-9-12(19(27)28)18(26)11-1-2-14(16(22)17(11)25)24-6-3-10(8-24)20(23)4-5-20/h1-2,9-10,13,15H,3-8,23H2,(H,27,28). The fourth-order valence-corrected chi connectivity index (χ4v) is 4.50. The van der Waals surface area contributed by atoms with Gasteiger partial charge in [-0.05, 0) is 37.3 Å². The van der Waals surface area contributed by atoms with E-state index in [-0.39, 0.29) is 22.9 Å². The maximum absolute atomic E-state index is 15.5. The third-order valence-corrected chi connectivity index (χ3v) is 6.55. The second-order valence-electron chi connectivity index (χ2n) is 8.36. The number of hydrogen-bond acceptors (Lipinski definition) is 4. The van der Waals surface area contributed by atoms with Crippen LogP contribution in [0.5, 0.6) is 0 Å². The van der Waals surface area contributed by atoms with Crippen LogP contribution in [0.25, 0.3) is 10.9 Å².